The number of aromatic nitrogens is 2. The molecule has 1 amide bonds. The number of rotatable bonds is 5. The van der Waals surface area contributed by atoms with Gasteiger partial charge in [0.2, 0.25) is 5.91 Å². The number of hydrogen-bond donors (Lipinski definition) is 2. The highest BCUT2D eigenvalue weighted by Gasteiger charge is 2.13. The molecular formula is C12H17N3O2S. The molecule has 0 spiro atoms. The summed E-state index contributed by atoms with van der Waals surface area (Å²) in [6.07, 6.45) is 2.97. The van der Waals surface area contributed by atoms with Crippen LogP contribution in [0.4, 0.5) is 0 Å². The number of thiazole rings is 1. The average molecular weight is 267 g/mol. The molecule has 18 heavy (non-hydrogen) atoms. The zero-order valence-corrected chi connectivity index (χ0v) is 11.3. The van der Waals surface area contributed by atoms with Crippen molar-refractivity contribution in [1.82, 2.24) is 14.7 Å². The summed E-state index contributed by atoms with van der Waals surface area (Å²) < 4.78 is 1.94. The lowest BCUT2D eigenvalue weighted by atomic mass is 10.2. The standard InChI is InChI=1S/C12H17N3O2S/c1-3-9(6-16)14-11(17)4-10-7-18-12-13-8(2)5-15(10)12/h5,7,9,16H,3-4,6H2,1-2H3,(H,14,17). The van der Waals surface area contributed by atoms with E-state index in [0.29, 0.717) is 6.42 Å². The van der Waals surface area contributed by atoms with E-state index in [4.69, 9.17) is 5.11 Å². The number of imidazole rings is 1. The van der Waals surface area contributed by atoms with E-state index in [1.807, 2.05) is 29.8 Å². The molecule has 98 valence electrons. The molecule has 0 aliphatic rings. The van der Waals surface area contributed by atoms with E-state index >= 15 is 0 Å². The third kappa shape index (κ3) is 2.70. The predicted molar refractivity (Wildman–Crippen MR) is 70.8 cm³/mol. The van der Waals surface area contributed by atoms with Gasteiger partial charge < -0.3 is 10.4 Å². The average Bonchev–Trinajstić information content (AvgIpc) is 2.87. The van der Waals surface area contributed by atoms with Gasteiger partial charge in [0.1, 0.15) is 0 Å². The molecule has 2 heterocycles. The fourth-order valence-corrected chi connectivity index (χ4v) is 2.71. The highest BCUT2D eigenvalue weighted by Crippen LogP contribution is 2.16. The minimum atomic E-state index is -0.156. The van der Waals surface area contributed by atoms with E-state index in [1.54, 1.807) is 0 Å². The number of aliphatic hydroxyl groups is 1. The quantitative estimate of drug-likeness (QED) is 0.853. The van der Waals surface area contributed by atoms with E-state index in [2.05, 4.69) is 10.3 Å². The van der Waals surface area contributed by atoms with Crippen molar-refractivity contribution in [3.63, 3.8) is 0 Å². The Labute approximate surface area is 109 Å². The second kappa shape index (κ2) is 5.49. The van der Waals surface area contributed by atoms with Crippen LogP contribution in [0, 0.1) is 6.92 Å². The topological polar surface area (TPSA) is 66.6 Å². The maximum absolute atomic E-state index is 11.8. The smallest absolute Gasteiger partial charge is 0.226 e. The third-order valence-corrected chi connectivity index (χ3v) is 3.71. The lowest BCUT2D eigenvalue weighted by Crippen LogP contribution is -2.37. The second-order valence-corrected chi connectivity index (χ2v) is 5.13. The van der Waals surface area contributed by atoms with Crippen molar-refractivity contribution in [2.24, 2.45) is 0 Å². The second-order valence-electron chi connectivity index (χ2n) is 4.29. The Morgan fingerprint density at radius 2 is 2.44 bits per heavy atom. The number of aryl methyl sites for hydroxylation is 1. The normalized spacial score (nSPS) is 12.8. The molecule has 0 aromatic carbocycles. The molecule has 2 aromatic heterocycles. The Bertz CT molecular complexity index is 543. The van der Waals surface area contributed by atoms with Crippen molar-refractivity contribution in [2.45, 2.75) is 32.7 Å². The van der Waals surface area contributed by atoms with Gasteiger partial charge in [-0.25, -0.2) is 4.98 Å². The van der Waals surface area contributed by atoms with Crippen molar-refractivity contribution in [1.29, 1.82) is 0 Å². The van der Waals surface area contributed by atoms with E-state index in [9.17, 15) is 4.79 Å². The number of carbonyl (C=O) groups is 1. The first-order valence-electron chi connectivity index (χ1n) is 5.96. The van der Waals surface area contributed by atoms with Crippen LogP contribution in [0.1, 0.15) is 24.7 Å². The molecular weight excluding hydrogens is 250 g/mol. The van der Waals surface area contributed by atoms with Gasteiger partial charge >= 0.3 is 0 Å². The first kappa shape index (κ1) is 13.0. The third-order valence-electron chi connectivity index (χ3n) is 2.82. The zero-order chi connectivity index (χ0) is 13.1. The van der Waals surface area contributed by atoms with Crippen LogP contribution in [0.3, 0.4) is 0 Å². The molecule has 0 saturated heterocycles. The van der Waals surface area contributed by atoms with Gasteiger partial charge in [-0.1, -0.05) is 6.92 Å². The van der Waals surface area contributed by atoms with Crippen LogP contribution in [-0.2, 0) is 11.2 Å². The molecule has 0 saturated carbocycles. The summed E-state index contributed by atoms with van der Waals surface area (Å²) in [5, 5.41) is 13.8. The van der Waals surface area contributed by atoms with Crippen LogP contribution < -0.4 is 5.32 Å². The molecule has 1 unspecified atom stereocenters. The monoisotopic (exact) mass is 267 g/mol. The molecule has 0 aliphatic heterocycles. The molecule has 0 fully saturated rings. The van der Waals surface area contributed by atoms with Gasteiger partial charge in [-0.2, -0.15) is 0 Å². The Morgan fingerprint density at radius 1 is 1.67 bits per heavy atom. The molecule has 5 nitrogen and oxygen atoms in total. The fraction of sp³-hybridized carbons (Fsp3) is 0.500. The van der Waals surface area contributed by atoms with Crippen molar-refractivity contribution in [2.75, 3.05) is 6.61 Å². The molecule has 2 aromatic rings. The number of carbonyl (C=O) groups excluding carboxylic acids is 1. The van der Waals surface area contributed by atoms with E-state index in [1.165, 1.54) is 11.3 Å². The SMILES string of the molecule is CCC(CO)NC(=O)Cc1csc2nc(C)cn12. The van der Waals surface area contributed by atoms with Gasteiger partial charge in [-0.3, -0.25) is 9.20 Å². The van der Waals surface area contributed by atoms with Crippen molar-refractivity contribution >= 4 is 22.2 Å². The molecule has 0 bridgehead atoms. The Kier molecular flexibility index (Phi) is 3.98. The highest BCUT2D eigenvalue weighted by atomic mass is 32.1. The summed E-state index contributed by atoms with van der Waals surface area (Å²) in [5.74, 6) is -0.0676. The summed E-state index contributed by atoms with van der Waals surface area (Å²) in [6.45, 7) is 3.84. The van der Waals surface area contributed by atoms with Crippen LogP contribution in [0.25, 0.3) is 4.96 Å². The van der Waals surface area contributed by atoms with Crippen LogP contribution >= 0.6 is 11.3 Å². The summed E-state index contributed by atoms with van der Waals surface area (Å²) in [6, 6.07) is -0.156. The van der Waals surface area contributed by atoms with Crippen molar-refractivity contribution in [3.05, 3.63) is 23.0 Å². The molecule has 0 radical (unpaired) electrons. The van der Waals surface area contributed by atoms with Gasteiger partial charge in [0, 0.05) is 17.3 Å². The van der Waals surface area contributed by atoms with E-state index in [-0.39, 0.29) is 18.6 Å². The first-order chi connectivity index (χ1) is 8.63. The predicted octanol–water partition coefficient (Wildman–Crippen LogP) is 1.13. The zero-order valence-electron chi connectivity index (χ0n) is 10.5. The number of hydrogen-bond acceptors (Lipinski definition) is 4. The minimum absolute atomic E-state index is 0.0224. The summed E-state index contributed by atoms with van der Waals surface area (Å²) in [5.41, 5.74) is 1.88. The van der Waals surface area contributed by atoms with Crippen LogP contribution in [0.2, 0.25) is 0 Å². The number of fused-ring (bicyclic) bond motifs is 1. The van der Waals surface area contributed by atoms with Gasteiger partial charge in [0.15, 0.2) is 4.96 Å². The molecule has 0 aliphatic carbocycles. The molecule has 1 atom stereocenters. The molecule has 2 N–H and O–H groups in total. The van der Waals surface area contributed by atoms with Crippen LogP contribution in [0.5, 0.6) is 0 Å². The maximum atomic E-state index is 11.8. The number of nitrogens with zero attached hydrogens (tertiary/aromatic N) is 2. The summed E-state index contributed by atoms with van der Waals surface area (Å²) in [4.78, 5) is 17.1. The number of amides is 1. The Balaban J connectivity index is 2.06. The minimum Gasteiger partial charge on any atom is -0.394 e. The van der Waals surface area contributed by atoms with Crippen molar-refractivity contribution < 1.29 is 9.90 Å². The van der Waals surface area contributed by atoms with Crippen LogP contribution in [-0.4, -0.2) is 33.0 Å². The summed E-state index contributed by atoms with van der Waals surface area (Å²) >= 11 is 1.53. The van der Waals surface area contributed by atoms with Crippen LogP contribution in [0.15, 0.2) is 11.6 Å². The van der Waals surface area contributed by atoms with Gasteiger partial charge in [-0.15, -0.1) is 11.3 Å². The molecule has 2 rings (SSSR count). The van der Waals surface area contributed by atoms with Gasteiger partial charge in [0.25, 0.3) is 0 Å². The van der Waals surface area contributed by atoms with E-state index < -0.39 is 0 Å². The number of aliphatic hydroxyl groups excluding tert-OH is 1. The maximum Gasteiger partial charge on any atom is 0.226 e. The fourth-order valence-electron chi connectivity index (χ4n) is 1.79. The van der Waals surface area contributed by atoms with E-state index in [0.717, 1.165) is 22.8 Å². The lowest BCUT2D eigenvalue weighted by molar-refractivity contribution is -0.121. The number of nitrogens with one attached hydrogen (secondary N) is 1. The van der Waals surface area contributed by atoms with Gasteiger partial charge in [0.05, 0.1) is 24.8 Å². The Morgan fingerprint density at radius 3 is 3.11 bits per heavy atom. The Hall–Kier alpha value is -1.40. The lowest BCUT2D eigenvalue weighted by Gasteiger charge is -2.13. The largest absolute Gasteiger partial charge is 0.394 e. The summed E-state index contributed by atoms with van der Waals surface area (Å²) in [7, 11) is 0. The first-order valence-corrected chi connectivity index (χ1v) is 6.84. The highest BCUT2D eigenvalue weighted by molar-refractivity contribution is 7.15. The van der Waals surface area contributed by atoms with Gasteiger partial charge in [-0.05, 0) is 13.3 Å². The van der Waals surface area contributed by atoms with Crippen molar-refractivity contribution in [3.8, 4) is 0 Å². The molecule has 6 heteroatoms.